The maximum absolute atomic E-state index is 11.9. The zero-order valence-corrected chi connectivity index (χ0v) is 18.5. The molecule has 0 radical (unpaired) electrons. The summed E-state index contributed by atoms with van der Waals surface area (Å²) in [5, 5.41) is 5.85. The number of nitrogens with one attached hydrogen (secondary N) is 2. The first-order valence-corrected chi connectivity index (χ1v) is 8.03. The summed E-state index contributed by atoms with van der Waals surface area (Å²) in [6.07, 6.45) is -0.469. The molecule has 0 saturated carbocycles. The third-order valence-electron chi connectivity index (χ3n) is 3.26. The van der Waals surface area contributed by atoms with Crippen LogP contribution in [0.5, 0.6) is 0 Å². The van der Waals surface area contributed by atoms with Gasteiger partial charge in [0, 0.05) is 5.69 Å². The van der Waals surface area contributed by atoms with E-state index >= 15 is 0 Å². The van der Waals surface area contributed by atoms with E-state index in [2.05, 4.69) is 22.5 Å². The molecule has 0 aliphatic rings. The van der Waals surface area contributed by atoms with E-state index in [-0.39, 0.29) is 24.0 Å². The lowest BCUT2D eigenvalue weighted by atomic mass is 10.1. The lowest BCUT2D eigenvalue weighted by molar-refractivity contribution is 0.0476. The van der Waals surface area contributed by atoms with Gasteiger partial charge in [0.25, 0.3) is 0 Å². The Morgan fingerprint density at radius 1 is 1.16 bits per heavy atom. The summed E-state index contributed by atoms with van der Waals surface area (Å²) in [6.45, 7) is 13.6. The van der Waals surface area contributed by atoms with Crippen molar-refractivity contribution >= 4 is 41.7 Å². The Morgan fingerprint density at radius 3 is 2.28 bits per heavy atom. The van der Waals surface area contributed by atoms with Crippen LogP contribution in [0, 0.1) is 13.8 Å². The molecular weight excluding hydrogens is 431 g/mol. The lowest BCUT2D eigenvalue weighted by Crippen LogP contribution is -2.48. The van der Waals surface area contributed by atoms with Gasteiger partial charge in [-0.3, -0.25) is 4.99 Å². The average molecular weight is 462 g/mol. The molecular formula is C18H31IN4O2. The highest BCUT2D eigenvalue weighted by Gasteiger charge is 2.24. The maximum atomic E-state index is 11.9. The first kappa shape index (κ1) is 23.5. The first-order chi connectivity index (χ1) is 10.9. The van der Waals surface area contributed by atoms with Gasteiger partial charge in [-0.25, -0.2) is 4.79 Å². The minimum atomic E-state index is -0.572. The second kappa shape index (κ2) is 9.26. The summed E-state index contributed by atoms with van der Waals surface area (Å²) in [6, 6.07) is 6.00. The number of rotatable bonds is 4. The van der Waals surface area contributed by atoms with Crippen molar-refractivity contribution in [3.63, 3.8) is 0 Å². The average Bonchev–Trinajstić information content (AvgIpc) is 2.38. The first-order valence-electron chi connectivity index (χ1n) is 8.03. The predicted octanol–water partition coefficient (Wildman–Crippen LogP) is 3.95. The third kappa shape index (κ3) is 9.52. The maximum Gasteiger partial charge on any atom is 0.408 e. The number of nitrogens with zero attached hydrogens (tertiary/aromatic N) is 1. The van der Waals surface area contributed by atoms with E-state index in [0.29, 0.717) is 12.5 Å². The summed E-state index contributed by atoms with van der Waals surface area (Å²) in [7, 11) is 0. The van der Waals surface area contributed by atoms with Crippen LogP contribution < -0.4 is 16.4 Å². The van der Waals surface area contributed by atoms with Gasteiger partial charge in [-0.05, 0) is 71.7 Å². The highest BCUT2D eigenvalue weighted by molar-refractivity contribution is 14.0. The quantitative estimate of drug-likeness (QED) is 0.359. The molecule has 6 nitrogen and oxygen atoms in total. The number of halogens is 1. The fraction of sp³-hybridized carbons (Fsp3) is 0.556. The smallest absolute Gasteiger partial charge is 0.408 e. The molecule has 0 atom stereocenters. The van der Waals surface area contributed by atoms with Gasteiger partial charge in [0.15, 0.2) is 5.96 Å². The fourth-order valence-electron chi connectivity index (χ4n) is 1.91. The lowest BCUT2D eigenvalue weighted by Gasteiger charge is -2.27. The van der Waals surface area contributed by atoms with Crippen LogP contribution in [0.2, 0.25) is 0 Å². The number of alkyl carbamates (subject to hydrolysis) is 1. The molecule has 7 heteroatoms. The monoisotopic (exact) mass is 462 g/mol. The number of ether oxygens (including phenoxy) is 1. The largest absolute Gasteiger partial charge is 0.444 e. The SMILES string of the molecule is Cc1ccc(NC(N)=NCC(C)(C)NC(=O)OC(C)(C)C)cc1C.I. The van der Waals surface area contributed by atoms with E-state index < -0.39 is 17.2 Å². The molecule has 0 spiro atoms. The van der Waals surface area contributed by atoms with Crippen molar-refractivity contribution in [2.45, 2.75) is 59.6 Å². The number of amides is 1. The van der Waals surface area contributed by atoms with E-state index in [9.17, 15) is 4.79 Å². The topological polar surface area (TPSA) is 88.7 Å². The summed E-state index contributed by atoms with van der Waals surface area (Å²) >= 11 is 0. The molecule has 4 N–H and O–H groups in total. The van der Waals surface area contributed by atoms with Crippen LogP contribution in [0.15, 0.2) is 23.2 Å². The second-order valence-corrected chi connectivity index (χ2v) is 7.64. The standard InChI is InChI=1S/C18H30N4O2.HI/c1-12-8-9-14(10-13(12)2)21-15(19)20-11-18(6,7)22-16(23)24-17(3,4)5;/h8-10H,11H2,1-7H3,(H,22,23)(H3,19,20,21);1H. The molecule has 0 saturated heterocycles. The van der Waals surface area contributed by atoms with Gasteiger partial charge in [-0.1, -0.05) is 6.07 Å². The summed E-state index contributed by atoms with van der Waals surface area (Å²) in [5.41, 5.74) is 8.11. The second-order valence-electron chi connectivity index (χ2n) is 7.64. The highest BCUT2D eigenvalue weighted by Crippen LogP contribution is 2.14. The van der Waals surface area contributed by atoms with E-state index in [1.807, 2.05) is 59.7 Å². The Hall–Kier alpha value is -1.51. The zero-order chi connectivity index (χ0) is 18.5. The van der Waals surface area contributed by atoms with Crippen molar-refractivity contribution in [1.29, 1.82) is 0 Å². The molecule has 0 aliphatic heterocycles. The molecule has 1 rings (SSSR count). The minimum absolute atomic E-state index is 0. The van der Waals surface area contributed by atoms with E-state index in [1.54, 1.807) is 0 Å². The Kier molecular flexibility index (Phi) is 8.70. The van der Waals surface area contributed by atoms with Gasteiger partial charge in [-0.2, -0.15) is 0 Å². The van der Waals surface area contributed by atoms with E-state index in [1.165, 1.54) is 11.1 Å². The van der Waals surface area contributed by atoms with Crippen LogP contribution in [0.25, 0.3) is 0 Å². The number of carbonyl (C=O) groups excluding carboxylic acids is 1. The number of nitrogens with two attached hydrogens (primary N) is 1. The van der Waals surface area contributed by atoms with Gasteiger partial charge in [0.1, 0.15) is 5.60 Å². The Balaban J connectivity index is 0.00000576. The van der Waals surface area contributed by atoms with Crippen LogP contribution in [0.1, 0.15) is 45.7 Å². The molecule has 0 bridgehead atoms. The molecule has 1 aromatic carbocycles. The molecule has 0 aromatic heterocycles. The minimum Gasteiger partial charge on any atom is -0.444 e. The van der Waals surface area contributed by atoms with Crippen LogP contribution in [-0.4, -0.2) is 29.7 Å². The molecule has 0 fully saturated rings. The molecule has 1 amide bonds. The summed E-state index contributed by atoms with van der Waals surface area (Å²) in [5.74, 6) is 0.303. The van der Waals surface area contributed by atoms with Crippen LogP contribution in [-0.2, 0) is 4.74 Å². The number of carbonyl (C=O) groups is 1. The van der Waals surface area contributed by atoms with Crippen LogP contribution in [0.3, 0.4) is 0 Å². The van der Waals surface area contributed by atoms with Gasteiger partial charge < -0.3 is 21.1 Å². The Labute approximate surface area is 168 Å². The third-order valence-corrected chi connectivity index (χ3v) is 3.26. The molecule has 0 unspecified atom stereocenters. The van der Waals surface area contributed by atoms with Crippen LogP contribution in [0.4, 0.5) is 10.5 Å². The summed E-state index contributed by atoms with van der Waals surface area (Å²) in [4.78, 5) is 16.2. The Bertz CT molecular complexity index is 622. The van der Waals surface area contributed by atoms with Crippen molar-refractivity contribution in [3.05, 3.63) is 29.3 Å². The number of hydrogen-bond acceptors (Lipinski definition) is 3. The fourth-order valence-corrected chi connectivity index (χ4v) is 1.91. The number of benzene rings is 1. The van der Waals surface area contributed by atoms with Crippen molar-refractivity contribution < 1.29 is 9.53 Å². The molecule has 25 heavy (non-hydrogen) atoms. The number of hydrogen-bond donors (Lipinski definition) is 3. The molecule has 0 heterocycles. The van der Waals surface area contributed by atoms with Crippen molar-refractivity contribution in [3.8, 4) is 0 Å². The van der Waals surface area contributed by atoms with Crippen molar-refractivity contribution in [1.82, 2.24) is 5.32 Å². The van der Waals surface area contributed by atoms with Gasteiger partial charge in [0.2, 0.25) is 0 Å². The Morgan fingerprint density at radius 2 is 1.76 bits per heavy atom. The van der Waals surface area contributed by atoms with E-state index in [4.69, 9.17) is 10.5 Å². The summed E-state index contributed by atoms with van der Waals surface area (Å²) < 4.78 is 5.26. The van der Waals surface area contributed by atoms with Crippen molar-refractivity contribution in [2.75, 3.05) is 11.9 Å². The molecule has 142 valence electrons. The number of anilines is 1. The van der Waals surface area contributed by atoms with Gasteiger partial charge in [-0.15, -0.1) is 24.0 Å². The highest BCUT2D eigenvalue weighted by atomic mass is 127. The normalized spacial score (nSPS) is 12.2. The van der Waals surface area contributed by atoms with E-state index in [0.717, 1.165) is 5.69 Å². The van der Waals surface area contributed by atoms with Crippen molar-refractivity contribution in [2.24, 2.45) is 10.7 Å². The van der Waals surface area contributed by atoms with Crippen LogP contribution >= 0.6 is 24.0 Å². The van der Waals surface area contributed by atoms with Gasteiger partial charge >= 0.3 is 6.09 Å². The molecule has 1 aromatic rings. The number of aliphatic imine (C=N–C) groups is 1. The predicted molar refractivity (Wildman–Crippen MR) is 115 cm³/mol. The molecule has 0 aliphatic carbocycles. The van der Waals surface area contributed by atoms with Gasteiger partial charge in [0.05, 0.1) is 12.1 Å². The zero-order valence-electron chi connectivity index (χ0n) is 16.2. The number of aryl methyl sites for hydroxylation is 2. The number of guanidine groups is 1.